The molecule has 11 heteroatoms. The summed E-state index contributed by atoms with van der Waals surface area (Å²) in [6.07, 6.45) is 1.41. The van der Waals surface area contributed by atoms with Crippen molar-refractivity contribution in [1.82, 2.24) is 20.5 Å². The summed E-state index contributed by atoms with van der Waals surface area (Å²) in [5.74, 6) is 0.233. The molecule has 1 saturated carbocycles. The van der Waals surface area contributed by atoms with Crippen molar-refractivity contribution in [3.63, 3.8) is 0 Å². The number of para-hydroxylation sites is 1. The highest BCUT2D eigenvalue weighted by Gasteiger charge is 2.64. The lowest BCUT2D eigenvalue weighted by Crippen LogP contribution is -2.50. The average Bonchev–Trinajstić information content (AvgIpc) is 3.23. The topological polar surface area (TPSA) is 151 Å². The number of nitrogens with one attached hydrogen (secondary N) is 3. The van der Waals surface area contributed by atoms with Gasteiger partial charge >= 0.3 is 0 Å². The molecular formula is C27H28N6O4S. The van der Waals surface area contributed by atoms with E-state index < -0.39 is 6.04 Å². The minimum absolute atomic E-state index is 0.0127. The smallest absolute Gasteiger partial charge is 0.251 e. The van der Waals surface area contributed by atoms with Gasteiger partial charge in [-0.05, 0) is 54.7 Å². The maximum atomic E-state index is 13.1. The molecule has 2 heterocycles. The Bertz CT molecular complexity index is 1380. The van der Waals surface area contributed by atoms with Crippen molar-refractivity contribution in [3.05, 3.63) is 76.2 Å². The number of aromatic nitrogens is 1. The maximum absolute atomic E-state index is 13.1. The van der Waals surface area contributed by atoms with Gasteiger partial charge in [-0.25, -0.2) is 4.98 Å². The molecule has 1 aromatic heterocycles. The first kappa shape index (κ1) is 25.4. The van der Waals surface area contributed by atoms with E-state index in [1.54, 1.807) is 34.5 Å². The number of amides is 3. The van der Waals surface area contributed by atoms with Crippen LogP contribution in [0.5, 0.6) is 11.5 Å². The quantitative estimate of drug-likeness (QED) is 0.246. The van der Waals surface area contributed by atoms with Crippen molar-refractivity contribution in [2.45, 2.75) is 38.4 Å². The molecule has 0 radical (unpaired) electrons. The van der Waals surface area contributed by atoms with Crippen LogP contribution in [0.15, 0.2) is 60.0 Å². The van der Waals surface area contributed by atoms with E-state index in [-0.39, 0.29) is 48.1 Å². The zero-order valence-electron chi connectivity index (χ0n) is 20.8. The van der Waals surface area contributed by atoms with Gasteiger partial charge in [-0.1, -0.05) is 25.1 Å². The molecule has 3 aromatic rings. The van der Waals surface area contributed by atoms with Gasteiger partial charge in [-0.3, -0.25) is 19.8 Å². The molecule has 5 N–H and O–H groups in total. The molecule has 5 rings (SSSR count). The molecule has 196 valence electrons. The molecule has 0 bridgehead atoms. The molecule has 1 saturated heterocycles. The number of rotatable bonds is 9. The van der Waals surface area contributed by atoms with Crippen LogP contribution < -0.4 is 21.1 Å². The van der Waals surface area contributed by atoms with Crippen LogP contribution in [0.4, 0.5) is 0 Å². The highest BCUT2D eigenvalue weighted by atomic mass is 32.1. The van der Waals surface area contributed by atoms with E-state index in [2.05, 4.69) is 22.5 Å². The van der Waals surface area contributed by atoms with Crippen LogP contribution in [0.2, 0.25) is 0 Å². The van der Waals surface area contributed by atoms with Crippen LogP contribution >= 0.6 is 11.3 Å². The molecule has 0 spiro atoms. The van der Waals surface area contributed by atoms with Crippen molar-refractivity contribution < 1.29 is 19.1 Å². The molecule has 2 fully saturated rings. The largest absolute Gasteiger partial charge is 0.457 e. The van der Waals surface area contributed by atoms with Crippen molar-refractivity contribution in [1.29, 1.82) is 5.41 Å². The second kappa shape index (κ2) is 10.3. The van der Waals surface area contributed by atoms with Gasteiger partial charge in [0.2, 0.25) is 11.8 Å². The van der Waals surface area contributed by atoms with Crippen molar-refractivity contribution in [2.75, 3.05) is 6.54 Å². The second-order valence-corrected chi connectivity index (χ2v) is 10.7. The van der Waals surface area contributed by atoms with Crippen molar-refractivity contribution >= 4 is 34.9 Å². The highest BCUT2D eigenvalue weighted by molar-refractivity contribution is 7.09. The van der Waals surface area contributed by atoms with Crippen molar-refractivity contribution in [2.24, 2.45) is 11.1 Å². The predicted octanol–water partition coefficient (Wildman–Crippen LogP) is 2.65. The number of hydrogen-bond donors (Lipinski definition) is 4. The zero-order valence-corrected chi connectivity index (χ0v) is 21.6. The van der Waals surface area contributed by atoms with Crippen LogP contribution in [0.3, 0.4) is 0 Å². The molecule has 1 aliphatic heterocycles. The number of nitrogens with zero attached hydrogens (tertiary/aromatic N) is 2. The standard InChI is InChI=1S/C27H28N6O4S/c1-27-11-20(26(36)30-13-22-32-19(15-38-22)24(28)29)33(21(27)12-27)23(34)14-31-25(35)16-7-9-18(10-8-16)37-17-5-3-2-4-6-17/h2-10,15,20-21H,11-14H2,1H3,(H3,28,29)(H,30,36)(H,31,35)/t20-,21-,27+/m0/s1. The third-order valence-electron chi connectivity index (χ3n) is 6.96. The number of likely N-dealkylation sites (tertiary alicyclic amines) is 1. The van der Waals surface area contributed by atoms with E-state index in [9.17, 15) is 14.4 Å². The van der Waals surface area contributed by atoms with Crippen molar-refractivity contribution in [3.8, 4) is 11.5 Å². The van der Waals surface area contributed by atoms with E-state index in [0.717, 1.165) is 6.42 Å². The number of piperidine rings is 1. The Morgan fingerprint density at radius 2 is 1.82 bits per heavy atom. The van der Waals surface area contributed by atoms with E-state index in [1.165, 1.54) is 11.3 Å². The molecular weight excluding hydrogens is 504 g/mol. The van der Waals surface area contributed by atoms with Crippen LogP contribution in [-0.4, -0.2) is 52.1 Å². The Morgan fingerprint density at radius 3 is 2.50 bits per heavy atom. The first-order chi connectivity index (χ1) is 18.2. The minimum atomic E-state index is -0.607. The van der Waals surface area contributed by atoms with E-state index >= 15 is 0 Å². The Morgan fingerprint density at radius 1 is 1.11 bits per heavy atom. The fourth-order valence-electron chi connectivity index (χ4n) is 4.80. The fourth-order valence-corrected chi connectivity index (χ4v) is 5.54. The van der Waals surface area contributed by atoms with Gasteiger partial charge in [0.25, 0.3) is 5.91 Å². The Labute approximate surface area is 223 Å². The minimum Gasteiger partial charge on any atom is -0.457 e. The summed E-state index contributed by atoms with van der Waals surface area (Å²) in [6.45, 7) is 2.06. The molecule has 3 amide bonds. The zero-order chi connectivity index (χ0) is 26.9. The highest BCUT2D eigenvalue weighted by Crippen LogP contribution is 2.59. The SMILES string of the molecule is C[C@@]12C[C@@H]1N(C(=O)CNC(=O)c1ccc(Oc3ccccc3)cc1)[C@H](C(=O)NCc1nc(C(=N)N)cs1)C2. The van der Waals surface area contributed by atoms with Gasteiger partial charge < -0.3 is 26.0 Å². The van der Waals surface area contributed by atoms with Crippen LogP contribution in [-0.2, 0) is 16.1 Å². The summed E-state index contributed by atoms with van der Waals surface area (Å²) >= 11 is 1.31. The molecule has 0 unspecified atom stereocenters. The third kappa shape index (κ3) is 5.37. The van der Waals surface area contributed by atoms with Crippen LogP contribution in [0.1, 0.15) is 40.8 Å². The lowest BCUT2D eigenvalue weighted by atomic mass is 10.0. The number of thiazole rings is 1. The number of benzene rings is 2. The van der Waals surface area contributed by atoms with E-state index in [4.69, 9.17) is 15.9 Å². The summed E-state index contributed by atoms with van der Waals surface area (Å²) in [5.41, 5.74) is 6.14. The number of amidine groups is 1. The number of fused-ring (bicyclic) bond motifs is 1. The lowest BCUT2D eigenvalue weighted by Gasteiger charge is -2.27. The van der Waals surface area contributed by atoms with Crippen LogP contribution in [0.25, 0.3) is 0 Å². The number of nitrogen functional groups attached to an aromatic ring is 1. The van der Waals surface area contributed by atoms with Gasteiger partial charge in [0.15, 0.2) is 0 Å². The molecule has 10 nitrogen and oxygen atoms in total. The van der Waals surface area contributed by atoms with Gasteiger partial charge in [0.1, 0.15) is 34.1 Å². The predicted molar refractivity (Wildman–Crippen MR) is 142 cm³/mol. The summed E-state index contributed by atoms with van der Waals surface area (Å²) in [6, 6.07) is 15.4. The molecule has 2 aromatic carbocycles. The van der Waals surface area contributed by atoms with Crippen LogP contribution in [0, 0.1) is 10.8 Å². The first-order valence-electron chi connectivity index (χ1n) is 12.2. The molecule has 1 aliphatic carbocycles. The van der Waals surface area contributed by atoms with Gasteiger partial charge in [0.05, 0.1) is 13.1 Å². The Kier molecular flexibility index (Phi) is 6.85. The molecule has 2 aliphatic rings. The summed E-state index contributed by atoms with van der Waals surface area (Å²) < 4.78 is 5.75. The molecule has 3 atom stereocenters. The number of nitrogens with two attached hydrogens (primary N) is 1. The number of carbonyl (C=O) groups excluding carboxylic acids is 3. The van der Waals surface area contributed by atoms with Gasteiger partial charge in [-0.15, -0.1) is 11.3 Å². The average molecular weight is 533 g/mol. The number of carbonyl (C=O) groups is 3. The summed E-state index contributed by atoms with van der Waals surface area (Å²) in [5, 5.41) is 15.3. The normalized spacial score (nSPS) is 21.3. The van der Waals surface area contributed by atoms with E-state index in [1.807, 2.05) is 30.3 Å². The lowest BCUT2D eigenvalue weighted by molar-refractivity contribution is -0.139. The van der Waals surface area contributed by atoms with E-state index in [0.29, 0.717) is 34.2 Å². The first-order valence-corrected chi connectivity index (χ1v) is 13.1. The molecule has 38 heavy (non-hydrogen) atoms. The monoisotopic (exact) mass is 532 g/mol. The third-order valence-corrected chi connectivity index (χ3v) is 7.81. The Hall–Kier alpha value is -4.25. The van der Waals surface area contributed by atoms with Gasteiger partial charge in [-0.2, -0.15) is 0 Å². The number of ether oxygens (including phenoxy) is 1. The fraction of sp³-hybridized carbons (Fsp3) is 0.296. The second-order valence-electron chi connectivity index (χ2n) is 9.78. The summed E-state index contributed by atoms with van der Waals surface area (Å²) in [4.78, 5) is 44.7. The Balaban J connectivity index is 1.16. The summed E-state index contributed by atoms with van der Waals surface area (Å²) in [7, 11) is 0. The number of hydrogen-bond acceptors (Lipinski definition) is 7. The maximum Gasteiger partial charge on any atom is 0.251 e. The van der Waals surface area contributed by atoms with Gasteiger partial charge in [0, 0.05) is 17.0 Å².